The van der Waals surface area contributed by atoms with Gasteiger partial charge < -0.3 is 9.64 Å². The van der Waals surface area contributed by atoms with E-state index in [1.807, 2.05) is 11.6 Å². The molecule has 22 heavy (non-hydrogen) atoms. The van der Waals surface area contributed by atoms with E-state index in [0.717, 1.165) is 9.88 Å². The summed E-state index contributed by atoms with van der Waals surface area (Å²) in [5.41, 5.74) is 0. The molecule has 118 valence electrons. The molecular weight excluding hydrogens is 320 g/mol. The van der Waals surface area contributed by atoms with Crippen LogP contribution in [0.2, 0.25) is 0 Å². The third-order valence-electron chi connectivity index (χ3n) is 3.39. The molecule has 6 nitrogen and oxygen atoms in total. The highest BCUT2D eigenvalue weighted by Gasteiger charge is 2.27. The van der Waals surface area contributed by atoms with Crippen molar-refractivity contribution in [3.05, 3.63) is 27.7 Å². The Labute approximate surface area is 137 Å². The van der Waals surface area contributed by atoms with Crippen LogP contribution >= 0.6 is 22.7 Å². The molecule has 1 saturated heterocycles. The monoisotopic (exact) mass is 338 g/mol. The van der Waals surface area contributed by atoms with Crippen molar-refractivity contribution in [2.24, 2.45) is 0 Å². The minimum atomic E-state index is -0.137. The van der Waals surface area contributed by atoms with Gasteiger partial charge >= 0.3 is 6.03 Å². The van der Waals surface area contributed by atoms with Crippen molar-refractivity contribution in [2.75, 3.05) is 25.0 Å². The Bertz CT molecular complexity index is 627. The Morgan fingerprint density at radius 3 is 3.05 bits per heavy atom. The van der Waals surface area contributed by atoms with Gasteiger partial charge in [0.05, 0.1) is 13.2 Å². The number of thiazole rings is 2. The van der Waals surface area contributed by atoms with E-state index >= 15 is 0 Å². The Morgan fingerprint density at radius 1 is 1.50 bits per heavy atom. The summed E-state index contributed by atoms with van der Waals surface area (Å²) in [4.78, 5) is 23.8. The molecule has 1 fully saturated rings. The fourth-order valence-electron chi connectivity index (χ4n) is 2.16. The van der Waals surface area contributed by atoms with Gasteiger partial charge in [-0.1, -0.05) is 13.8 Å². The fraction of sp³-hybridized carbons (Fsp3) is 0.500. The molecule has 2 amide bonds. The third kappa shape index (κ3) is 3.45. The van der Waals surface area contributed by atoms with E-state index in [9.17, 15) is 4.79 Å². The van der Waals surface area contributed by atoms with Crippen molar-refractivity contribution < 1.29 is 9.53 Å². The fourth-order valence-corrected chi connectivity index (χ4v) is 3.64. The lowest BCUT2D eigenvalue weighted by Crippen LogP contribution is -2.44. The second kappa shape index (κ2) is 6.72. The number of amides is 2. The van der Waals surface area contributed by atoms with Gasteiger partial charge in [0.25, 0.3) is 0 Å². The van der Waals surface area contributed by atoms with Gasteiger partial charge in [0.2, 0.25) is 0 Å². The van der Waals surface area contributed by atoms with Crippen molar-refractivity contribution in [1.82, 2.24) is 14.9 Å². The second-order valence-electron chi connectivity index (χ2n) is 5.33. The van der Waals surface area contributed by atoms with Crippen LogP contribution in [-0.2, 0) is 4.74 Å². The van der Waals surface area contributed by atoms with Gasteiger partial charge in [0.1, 0.15) is 11.1 Å². The predicted molar refractivity (Wildman–Crippen MR) is 87.6 cm³/mol. The summed E-state index contributed by atoms with van der Waals surface area (Å²) in [5, 5.41) is 6.35. The first-order valence-electron chi connectivity index (χ1n) is 7.16. The Balaban J connectivity index is 1.61. The number of aromatic nitrogens is 2. The van der Waals surface area contributed by atoms with Crippen molar-refractivity contribution in [3.8, 4) is 0 Å². The number of hydrogen-bond donors (Lipinski definition) is 1. The zero-order valence-corrected chi connectivity index (χ0v) is 14.1. The van der Waals surface area contributed by atoms with Crippen LogP contribution in [-0.4, -0.2) is 40.6 Å². The highest BCUT2D eigenvalue weighted by atomic mass is 32.1. The molecule has 3 heterocycles. The zero-order chi connectivity index (χ0) is 15.5. The molecule has 1 aliphatic rings. The molecule has 0 saturated carbocycles. The largest absolute Gasteiger partial charge is 0.367 e. The number of carbonyl (C=O) groups is 1. The molecule has 3 rings (SSSR count). The number of nitrogens with one attached hydrogen (secondary N) is 1. The van der Waals surface area contributed by atoms with E-state index in [4.69, 9.17) is 4.74 Å². The van der Waals surface area contributed by atoms with Gasteiger partial charge in [-0.25, -0.2) is 14.8 Å². The van der Waals surface area contributed by atoms with E-state index in [-0.39, 0.29) is 12.1 Å². The van der Waals surface area contributed by atoms with Gasteiger partial charge in [0, 0.05) is 29.2 Å². The first-order valence-corrected chi connectivity index (χ1v) is 8.85. The predicted octanol–water partition coefficient (Wildman–Crippen LogP) is 3.33. The van der Waals surface area contributed by atoms with Gasteiger partial charge in [-0.2, -0.15) is 0 Å². The standard InChI is InChI=1S/C14H18N4O2S2/c1-9(2)11-7-16-13(22-11)17-14(19)18-4-5-20-10(8-18)12-15-3-6-21-12/h3,6-7,9-10H,4-5,8H2,1-2H3,(H,16,17,19)/t10-/m0/s1. The second-order valence-corrected chi connectivity index (χ2v) is 7.32. The summed E-state index contributed by atoms with van der Waals surface area (Å²) >= 11 is 3.07. The van der Waals surface area contributed by atoms with Crippen LogP contribution in [0.1, 0.15) is 35.8 Å². The number of urea groups is 1. The first-order chi connectivity index (χ1) is 10.6. The average molecular weight is 338 g/mol. The summed E-state index contributed by atoms with van der Waals surface area (Å²) < 4.78 is 5.70. The molecule has 0 bridgehead atoms. The quantitative estimate of drug-likeness (QED) is 0.932. The molecule has 1 N–H and O–H groups in total. The maximum Gasteiger partial charge on any atom is 0.323 e. The van der Waals surface area contributed by atoms with Crippen molar-refractivity contribution in [2.45, 2.75) is 25.9 Å². The molecule has 1 aliphatic heterocycles. The highest BCUT2D eigenvalue weighted by molar-refractivity contribution is 7.15. The SMILES string of the molecule is CC(C)c1cnc(NC(=O)N2CCO[C@H](c3nccs3)C2)s1. The summed E-state index contributed by atoms with van der Waals surface area (Å²) in [5.74, 6) is 0.417. The van der Waals surface area contributed by atoms with Crippen LogP contribution in [0.3, 0.4) is 0 Å². The van der Waals surface area contributed by atoms with E-state index in [2.05, 4.69) is 29.1 Å². The third-order valence-corrected chi connectivity index (χ3v) is 5.47. The molecule has 0 radical (unpaired) electrons. The smallest absolute Gasteiger partial charge is 0.323 e. The van der Waals surface area contributed by atoms with Crippen LogP contribution < -0.4 is 5.32 Å². The van der Waals surface area contributed by atoms with E-state index in [1.54, 1.807) is 22.4 Å². The molecule has 1 atom stereocenters. The van der Waals surface area contributed by atoms with Crippen LogP contribution in [0.15, 0.2) is 17.8 Å². The number of rotatable bonds is 3. The maximum atomic E-state index is 12.4. The molecule has 2 aromatic heterocycles. The molecule has 8 heteroatoms. The molecule has 2 aromatic rings. The number of nitrogens with zero attached hydrogens (tertiary/aromatic N) is 3. The number of hydrogen-bond acceptors (Lipinski definition) is 6. The summed E-state index contributed by atoms with van der Waals surface area (Å²) in [7, 11) is 0. The van der Waals surface area contributed by atoms with Crippen LogP contribution in [0.25, 0.3) is 0 Å². The minimum Gasteiger partial charge on any atom is -0.367 e. The van der Waals surface area contributed by atoms with Gasteiger partial charge in [-0.3, -0.25) is 5.32 Å². The lowest BCUT2D eigenvalue weighted by Gasteiger charge is -2.31. The van der Waals surface area contributed by atoms with Crippen molar-refractivity contribution >= 4 is 33.8 Å². The lowest BCUT2D eigenvalue weighted by atomic mass is 10.2. The number of carbonyl (C=O) groups excluding carboxylic acids is 1. The van der Waals surface area contributed by atoms with Crippen LogP contribution in [0.5, 0.6) is 0 Å². The van der Waals surface area contributed by atoms with Crippen molar-refractivity contribution in [1.29, 1.82) is 0 Å². The maximum absolute atomic E-state index is 12.4. The summed E-state index contributed by atoms with van der Waals surface area (Å²) in [6, 6.07) is -0.130. The molecule has 0 spiro atoms. The normalized spacial score (nSPS) is 18.7. The van der Waals surface area contributed by atoms with Gasteiger partial charge in [0.15, 0.2) is 5.13 Å². The zero-order valence-electron chi connectivity index (χ0n) is 12.5. The van der Waals surface area contributed by atoms with Gasteiger partial charge in [-0.05, 0) is 5.92 Å². The Hall–Kier alpha value is -1.51. The summed E-state index contributed by atoms with van der Waals surface area (Å²) in [6.45, 7) is 5.84. The van der Waals surface area contributed by atoms with Crippen molar-refractivity contribution in [3.63, 3.8) is 0 Å². The van der Waals surface area contributed by atoms with Crippen LogP contribution in [0, 0.1) is 0 Å². The number of anilines is 1. The van der Waals surface area contributed by atoms with E-state index in [1.165, 1.54) is 11.3 Å². The van der Waals surface area contributed by atoms with Crippen LogP contribution in [0.4, 0.5) is 9.93 Å². The average Bonchev–Trinajstić information content (AvgIpc) is 3.19. The molecular formula is C14H18N4O2S2. The Kier molecular flexibility index (Phi) is 4.70. The van der Waals surface area contributed by atoms with E-state index in [0.29, 0.717) is 30.7 Å². The van der Waals surface area contributed by atoms with Gasteiger partial charge in [-0.15, -0.1) is 22.7 Å². The molecule has 0 unspecified atom stereocenters. The highest BCUT2D eigenvalue weighted by Crippen LogP contribution is 2.27. The number of morpholine rings is 1. The lowest BCUT2D eigenvalue weighted by molar-refractivity contribution is -0.0135. The minimum absolute atomic E-state index is 0.130. The number of ether oxygens (including phenoxy) is 1. The Morgan fingerprint density at radius 2 is 2.36 bits per heavy atom. The van der Waals surface area contributed by atoms with E-state index < -0.39 is 0 Å². The summed E-state index contributed by atoms with van der Waals surface area (Å²) in [6.07, 6.45) is 3.44. The topological polar surface area (TPSA) is 67.4 Å². The molecule has 0 aromatic carbocycles. The first kappa shape index (κ1) is 15.4. The molecule has 0 aliphatic carbocycles.